The summed E-state index contributed by atoms with van der Waals surface area (Å²) in [4.78, 5) is 1.88. The fourth-order valence-corrected chi connectivity index (χ4v) is 9.72. The molecular weight excluding hydrogens is 789 g/mol. The molecular formula is C62H40N2O. The van der Waals surface area contributed by atoms with Gasteiger partial charge in [0.05, 0.1) is 27.6 Å². The van der Waals surface area contributed by atoms with Gasteiger partial charge in [-0.1, -0.05) is 164 Å². The molecule has 65 heavy (non-hydrogen) atoms. The summed E-state index contributed by atoms with van der Waals surface area (Å²) in [5.41, 5.74) is 10.9. The summed E-state index contributed by atoms with van der Waals surface area (Å²) in [5, 5.41) is 8.38. The van der Waals surface area contributed by atoms with Crippen LogP contribution in [0.1, 0.15) is 5.48 Å². The Kier molecular flexibility index (Phi) is 7.61. The second-order valence-corrected chi connectivity index (χ2v) is 16.6. The lowest BCUT2D eigenvalue weighted by atomic mass is 9.97. The van der Waals surface area contributed by atoms with E-state index in [1.165, 1.54) is 10.8 Å². The van der Waals surface area contributed by atoms with E-state index in [9.17, 15) is 5.48 Å². The molecule has 0 aliphatic heterocycles. The van der Waals surface area contributed by atoms with Crippen LogP contribution < -0.4 is 4.90 Å². The molecule has 0 N–H and O–H groups in total. The molecule has 304 valence electrons. The largest absolute Gasteiger partial charge is 0.455 e. The van der Waals surface area contributed by atoms with Crippen LogP contribution in [0, 0.1) is 0 Å². The van der Waals surface area contributed by atoms with Gasteiger partial charge in [-0.15, -0.1) is 0 Å². The van der Waals surface area contributed by atoms with Gasteiger partial charge in [0.25, 0.3) is 0 Å². The number of nitrogens with zero attached hydrogens (tertiary/aromatic N) is 2. The van der Waals surface area contributed by atoms with Gasteiger partial charge >= 0.3 is 0 Å². The van der Waals surface area contributed by atoms with Crippen LogP contribution in [0.25, 0.3) is 104 Å². The molecule has 2 aromatic heterocycles. The Morgan fingerprint density at radius 2 is 0.954 bits per heavy atom. The molecule has 0 amide bonds. The van der Waals surface area contributed by atoms with Crippen molar-refractivity contribution in [3.63, 3.8) is 0 Å². The van der Waals surface area contributed by atoms with Crippen LogP contribution in [0.2, 0.25) is 0 Å². The fraction of sp³-hybridized carbons (Fsp3) is 0. The van der Waals surface area contributed by atoms with Crippen LogP contribution in [-0.4, -0.2) is 4.57 Å². The number of hydrogen-bond acceptors (Lipinski definition) is 2. The van der Waals surface area contributed by atoms with E-state index in [2.05, 4.69) is 132 Å². The van der Waals surface area contributed by atoms with Crippen molar-refractivity contribution in [3.05, 3.63) is 243 Å². The minimum absolute atomic E-state index is 0.132. The highest BCUT2D eigenvalue weighted by Crippen LogP contribution is 2.45. The van der Waals surface area contributed by atoms with Crippen molar-refractivity contribution in [1.82, 2.24) is 4.57 Å². The highest BCUT2D eigenvalue weighted by atomic mass is 16.3. The Bertz CT molecular complexity index is 4130. The van der Waals surface area contributed by atoms with E-state index < -0.39 is 0 Å². The van der Waals surface area contributed by atoms with Gasteiger partial charge in [-0.2, -0.15) is 0 Å². The van der Waals surface area contributed by atoms with Crippen molar-refractivity contribution >= 4 is 82.4 Å². The van der Waals surface area contributed by atoms with Gasteiger partial charge in [0.15, 0.2) is 0 Å². The van der Waals surface area contributed by atoms with Gasteiger partial charge in [-0.25, -0.2) is 0 Å². The van der Waals surface area contributed by atoms with Crippen LogP contribution in [0.4, 0.5) is 17.1 Å². The summed E-state index contributed by atoms with van der Waals surface area (Å²) in [5.74, 6) is 0. The van der Waals surface area contributed by atoms with Crippen molar-refractivity contribution in [3.8, 4) is 39.1 Å². The predicted molar refractivity (Wildman–Crippen MR) is 274 cm³/mol. The van der Waals surface area contributed by atoms with E-state index in [1.807, 2.05) is 95.9 Å². The molecule has 3 nitrogen and oxygen atoms in total. The molecule has 0 radical (unpaired) electrons. The van der Waals surface area contributed by atoms with Crippen molar-refractivity contribution in [1.29, 1.82) is 0 Å². The van der Waals surface area contributed by atoms with E-state index >= 15 is 0 Å². The van der Waals surface area contributed by atoms with Gasteiger partial charge in [0, 0.05) is 38.6 Å². The second-order valence-electron chi connectivity index (χ2n) is 16.6. The lowest BCUT2D eigenvalue weighted by Crippen LogP contribution is -2.10. The molecule has 13 aromatic rings. The van der Waals surface area contributed by atoms with Crippen LogP contribution >= 0.6 is 0 Å². The first kappa shape index (κ1) is 33.0. The molecule has 2 heterocycles. The normalized spacial score (nSPS) is 12.6. The number of rotatable bonds is 7. The summed E-state index contributed by atoms with van der Waals surface area (Å²) in [7, 11) is 0. The molecule has 0 saturated carbocycles. The third kappa shape index (κ3) is 6.20. The lowest BCUT2D eigenvalue weighted by Gasteiger charge is -2.26. The van der Waals surface area contributed by atoms with Gasteiger partial charge in [-0.3, -0.25) is 0 Å². The van der Waals surface area contributed by atoms with Crippen molar-refractivity contribution < 1.29 is 9.90 Å². The highest BCUT2D eigenvalue weighted by Gasteiger charge is 2.21. The third-order valence-corrected chi connectivity index (χ3v) is 12.8. The molecule has 11 aromatic carbocycles. The summed E-state index contributed by atoms with van der Waals surface area (Å²) >= 11 is 0. The zero-order chi connectivity index (χ0) is 46.3. The maximum atomic E-state index is 9.87. The minimum Gasteiger partial charge on any atom is -0.455 e. The molecule has 13 rings (SSSR count). The number of fused-ring (bicyclic) bond motifs is 9. The Hall–Kier alpha value is -8.66. The number of anilines is 3. The number of hydrogen-bond donors (Lipinski definition) is 0. The average molecular weight is 833 g/mol. The first-order valence-electron chi connectivity index (χ1n) is 23.9. The van der Waals surface area contributed by atoms with Gasteiger partial charge in [0.2, 0.25) is 0 Å². The standard InChI is InChI=1S/C62H40N2O/c1-2-14-45-39-49(27-26-41(45)12-1)47-16-9-15-46(38-47)42-28-33-50(34-29-42)63(59-24-11-25-60-61(59)56-37-32-44-13-3-4-19-53(44)62(56)65-60)51-35-30-43(31-36-51)48-17-10-18-52(40-48)64-57-22-7-5-20-54(57)55-21-6-8-23-58(55)64/h1-40H/i30D,31D,35D,36D. The Morgan fingerprint density at radius 3 is 1.72 bits per heavy atom. The van der Waals surface area contributed by atoms with Crippen molar-refractivity contribution in [2.75, 3.05) is 4.90 Å². The SMILES string of the molecule is [2H]c1c([2H])c(N(c2ccc(-c3cccc(-c4ccc5ccccc5c4)c3)cc2)c2cccc3oc4c5ccccc5ccc4c23)c([2H])c([2H])c1-c1cccc(-n2c3ccccc3c3ccccc32)c1. The Morgan fingerprint density at radius 1 is 0.369 bits per heavy atom. The molecule has 0 bridgehead atoms. The van der Waals surface area contributed by atoms with Gasteiger partial charge < -0.3 is 13.9 Å². The van der Waals surface area contributed by atoms with Crippen LogP contribution in [0.15, 0.2) is 247 Å². The molecule has 0 spiro atoms. The van der Waals surface area contributed by atoms with E-state index in [4.69, 9.17) is 4.42 Å². The number of aromatic nitrogens is 1. The number of para-hydroxylation sites is 2. The maximum Gasteiger partial charge on any atom is 0.143 e. The zero-order valence-corrected chi connectivity index (χ0v) is 35.1. The van der Waals surface area contributed by atoms with Crippen molar-refractivity contribution in [2.24, 2.45) is 0 Å². The molecule has 3 heteroatoms. The second kappa shape index (κ2) is 15.0. The Balaban J connectivity index is 0.977. The molecule has 0 fully saturated rings. The maximum absolute atomic E-state index is 9.87. The third-order valence-electron chi connectivity index (χ3n) is 12.8. The summed E-state index contributed by atoms with van der Waals surface area (Å²) in [6.45, 7) is 0. The molecule has 0 aliphatic rings. The highest BCUT2D eigenvalue weighted by molar-refractivity contribution is 6.19. The Labute approximate surface area is 381 Å². The predicted octanol–water partition coefficient (Wildman–Crippen LogP) is 17.5. The van der Waals surface area contributed by atoms with Crippen molar-refractivity contribution in [2.45, 2.75) is 0 Å². The fourth-order valence-electron chi connectivity index (χ4n) is 9.72. The van der Waals surface area contributed by atoms with E-state index in [0.717, 1.165) is 76.9 Å². The lowest BCUT2D eigenvalue weighted by molar-refractivity contribution is 0.672. The minimum atomic E-state index is -0.157. The monoisotopic (exact) mass is 832 g/mol. The molecule has 0 aliphatic carbocycles. The summed E-state index contributed by atoms with van der Waals surface area (Å²) < 4.78 is 48.1. The first-order chi connectivity index (χ1) is 33.9. The summed E-state index contributed by atoms with van der Waals surface area (Å²) in [6, 6.07) is 73.6. The van der Waals surface area contributed by atoms with Gasteiger partial charge in [-0.05, 0) is 128 Å². The van der Waals surface area contributed by atoms with Crippen LogP contribution in [0.5, 0.6) is 0 Å². The summed E-state index contributed by atoms with van der Waals surface area (Å²) in [6.07, 6.45) is 0. The molecule has 0 atom stereocenters. The average Bonchev–Trinajstić information content (AvgIpc) is 3.96. The topological polar surface area (TPSA) is 21.3 Å². The van der Waals surface area contributed by atoms with E-state index in [0.29, 0.717) is 22.5 Å². The smallest absolute Gasteiger partial charge is 0.143 e. The quantitative estimate of drug-likeness (QED) is 0.160. The first-order valence-corrected chi connectivity index (χ1v) is 21.9. The van der Waals surface area contributed by atoms with E-state index in [-0.39, 0.29) is 35.4 Å². The molecule has 0 saturated heterocycles. The number of benzene rings is 11. The zero-order valence-electron chi connectivity index (χ0n) is 39.1. The van der Waals surface area contributed by atoms with Crippen LogP contribution in [-0.2, 0) is 0 Å². The van der Waals surface area contributed by atoms with Crippen LogP contribution in [0.3, 0.4) is 0 Å². The molecule has 0 unspecified atom stereocenters. The number of furan rings is 1. The van der Waals surface area contributed by atoms with Gasteiger partial charge in [0.1, 0.15) is 11.2 Å². The van der Waals surface area contributed by atoms with E-state index in [1.54, 1.807) is 0 Å².